The van der Waals surface area contributed by atoms with Crippen LogP contribution in [0.1, 0.15) is 5.76 Å². The van der Waals surface area contributed by atoms with E-state index in [-0.39, 0.29) is 24.0 Å². The fraction of sp³-hybridized carbons (Fsp3) is 0.421. The zero-order valence-corrected chi connectivity index (χ0v) is 17.7. The number of piperazine rings is 1. The highest BCUT2D eigenvalue weighted by Gasteiger charge is 2.20. The number of aliphatic imine (C=N–C) groups is 1. The third-order valence-corrected chi connectivity index (χ3v) is 4.44. The van der Waals surface area contributed by atoms with Crippen LogP contribution >= 0.6 is 24.0 Å². The molecule has 6 nitrogen and oxygen atoms in total. The van der Waals surface area contributed by atoms with Crippen molar-refractivity contribution in [1.29, 1.82) is 0 Å². The van der Waals surface area contributed by atoms with Crippen molar-refractivity contribution in [2.45, 2.75) is 6.42 Å². The Balaban J connectivity index is 0.00000243. The van der Waals surface area contributed by atoms with E-state index in [0.717, 1.165) is 56.6 Å². The van der Waals surface area contributed by atoms with Gasteiger partial charge in [0.15, 0.2) is 5.96 Å². The number of rotatable bonds is 5. The summed E-state index contributed by atoms with van der Waals surface area (Å²) in [7, 11) is 3.54. The maximum atomic E-state index is 5.37. The van der Waals surface area contributed by atoms with Crippen LogP contribution in [0.3, 0.4) is 0 Å². The summed E-state index contributed by atoms with van der Waals surface area (Å²) in [5.41, 5.74) is 1.21. The van der Waals surface area contributed by atoms with Crippen LogP contribution in [0.25, 0.3) is 0 Å². The Morgan fingerprint density at radius 3 is 2.65 bits per heavy atom. The minimum atomic E-state index is 0. The first kappa shape index (κ1) is 20.4. The normalized spacial score (nSPS) is 14.8. The molecule has 0 saturated carbocycles. The van der Waals surface area contributed by atoms with Gasteiger partial charge in [0.25, 0.3) is 0 Å². The summed E-state index contributed by atoms with van der Waals surface area (Å²) >= 11 is 0. The lowest BCUT2D eigenvalue weighted by Crippen LogP contribution is -2.52. The number of nitrogens with zero attached hydrogens (tertiary/aromatic N) is 3. The summed E-state index contributed by atoms with van der Waals surface area (Å²) in [4.78, 5) is 9.11. The van der Waals surface area contributed by atoms with E-state index in [1.807, 2.05) is 31.3 Å². The van der Waals surface area contributed by atoms with Gasteiger partial charge in [0.05, 0.1) is 13.4 Å². The molecule has 2 heterocycles. The van der Waals surface area contributed by atoms with Gasteiger partial charge in [0.1, 0.15) is 11.5 Å². The minimum absolute atomic E-state index is 0. The molecule has 26 heavy (non-hydrogen) atoms. The van der Waals surface area contributed by atoms with Gasteiger partial charge in [-0.05, 0) is 24.3 Å². The molecule has 0 aliphatic carbocycles. The van der Waals surface area contributed by atoms with Gasteiger partial charge in [0.2, 0.25) is 0 Å². The Labute approximate surface area is 172 Å². The molecule has 0 spiro atoms. The molecule has 2 aromatic rings. The number of benzene rings is 1. The van der Waals surface area contributed by atoms with Crippen molar-refractivity contribution in [1.82, 2.24) is 10.2 Å². The molecule has 1 aliphatic heterocycles. The molecule has 0 radical (unpaired) electrons. The van der Waals surface area contributed by atoms with E-state index >= 15 is 0 Å². The summed E-state index contributed by atoms with van der Waals surface area (Å²) in [5.74, 6) is 2.85. The molecule has 1 saturated heterocycles. The molecule has 1 aromatic carbocycles. The fourth-order valence-corrected chi connectivity index (χ4v) is 3.07. The van der Waals surface area contributed by atoms with Crippen LogP contribution in [0.2, 0.25) is 0 Å². The van der Waals surface area contributed by atoms with Crippen molar-refractivity contribution in [3.8, 4) is 5.75 Å². The lowest BCUT2D eigenvalue weighted by Gasteiger charge is -2.37. The summed E-state index contributed by atoms with van der Waals surface area (Å²) in [6.45, 7) is 4.63. The zero-order chi connectivity index (χ0) is 17.5. The predicted molar refractivity (Wildman–Crippen MR) is 116 cm³/mol. The van der Waals surface area contributed by atoms with Crippen LogP contribution in [-0.2, 0) is 6.42 Å². The van der Waals surface area contributed by atoms with Gasteiger partial charge in [0, 0.05) is 57.9 Å². The quantitative estimate of drug-likeness (QED) is 0.414. The monoisotopic (exact) mass is 470 g/mol. The van der Waals surface area contributed by atoms with Gasteiger partial charge >= 0.3 is 0 Å². The number of hydrogen-bond donors (Lipinski definition) is 1. The number of ether oxygens (including phenoxy) is 1. The summed E-state index contributed by atoms with van der Waals surface area (Å²) in [6.07, 6.45) is 2.57. The Kier molecular flexibility index (Phi) is 8.08. The second-order valence-electron chi connectivity index (χ2n) is 5.98. The summed E-state index contributed by atoms with van der Waals surface area (Å²) in [6, 6.07) is 12.2. The number of hydrogen-bond acceptors (Lipinski definition) is 4. The average molecular weight is 470 g/mol. The second-order valence-corrected chi connectivity index (χ2v) is 5.98. The zero-order valence-electron chi connectivity index (χ0n) is 15.4. The molecule has 1 fully saturated rings. The van der Waals surface area contributed by atoms with E-state index in [2.05, 4.69) is 32.2 Å². The molecule has 1 aliphatic rings. The van der Waals surface area contributed by atoms with Crippen molar-refractivity contribution >= 4 is 35.6 Å². The van der Waals surface area contributed by atoms with E-state index in [4.69, 9.17) is 9.15 Å². The molecule has 1 N–H and O–H groups in total. The van der Waals surface area contributed by atoms with Gasteiger partial charge < -0.3 is 24.3 Å². The van der Waals surface area contributed by atoms with E-state index in [1.165, 1.54) is 5.69 Å². The van der Waals surface area contributed by atoms with E-state index < -0.39 is 0 Å². The topological polar surface area (TPSA) is 53.2 Å². The highest BCUT2D eigenvalue weighted by atomic mass is 127. The number of methoxy groups -OCH3 is 1. The molecule has 0 unspecified atom stereocenters. The standard InChI is InChI=1S/C19H26N4O2.HI/c1-20-19(21-9-8-17-7-4-14-25-17)23-12-10-22(11-13-23)16-5-3-6-18(15-16)24-2;/h3-7,14-15H,8-13H2,1-2H3,(H,20,21);1H. The third kappa shape index (κ3) is 5.30. The number of guanidine groups is 1. The molecule has 0 bridgehead atoms. The smallest absolute Gasteiger partial charge is 0.193 e. The Morgan fingerprint density at radius 1 is 1.19 bits per heavy atom. The van der Waals surface area contributed by atoms with E-state index in [9.17, 15) is 0 Å². The molecule has 1 aromatic heterocycles. The molecule has 3 rings (SSSR count). The molecular formula is C19H27IN4O2. The number of nitrogens with one attached hydrogen (secondary N) is 1. The number of anilines is 1. The summed E-state index contributed by atoms with van der Waals surface area (Å²) in [5, 5.41) is 3.43. The summed E-state index contributed by atoms with van der Waals surface area (Å²) < 4.78 is 10.7. The van der Waals surface area contributed by atoms with Gasteiger partial charge in [-0.25, -0.2) is 0 Å². The van der Waals surface area contributed by atoms with E-state index in [0.29, 0.717) is 0 Å². The largest absolute Gasteiger partial charge is 0.497 e. The van der Waals surface area contributed by atoms with Crippen LogP contribution in [0, 0.1) is 0 Å². The van der Waals surface area contributed by atoms with E-state index in [1.54, 1.807) is 13.4 Å². The number of furan rings is 1. The molecule has 0 atom stereocenters. The lowest BCUT2D eigenvalue weighted by molar-refractivity contribution is 0.371. The minimum Gasteiger partial charge on any atom is -0.497 e. The molecular weight excluding hydrogens is 443 g/mol. The van der Waals surface area contributed by atoms with Crippen LogP contribution in [0.4, 0.5) is 5.69 Å². The number of halogens is 1. The highest BCUT2D eigenvalue weighted by Crippen LogP contribution is 2.22. The Morgan fingerprint density at radius 2 is 2.00 bits per heavy atom. The SMILES string of the molecule is CN=C(NCCc1ccco1)N1CCN(c2cccc(OC)c2)CC1.I. The fourth-order valence-electron chi connectivity index (χ4n) is 3.07. The average Bonchev–Trinajstić information content (AvgIpc) is 3.19. The first-order chi connectivity index (χ1) is 12.3. The van der Waals surface area contributed by atoms with Crippen molar-refractivity contribution in [3.63, 3.8) is 0 Å². The predicted octanol–water partition coefficient (Wildman–Crippen LogP) is 2.85. The Hall–Kier alpha value is -1.90. The van der Waals surface area contributed by atoms with Crippen LogP contribution in [-0.4, -0.2) is 57.7 Å². The molecule has 0 amide bonds. The Bertz CT molecular complexity index is 683. The van der Waals surface area contributed by atoms with Gasteiger partial charge in [-0.1, -0.05) is 6.07 Å². The molecule has 7 heteroatoms. The van der Waals surface area contributed by atoms with Crippen molar-refractivity contribution in [3.05, 3.63) is 48.4 Å². The lowest BCUT2D eigenvalue weighted by atomic mass is 10.2. The highest BCUT2D eigenvalue weighted by molar-refractivity contribution is 14.0. The first-order valence-electron chi connectivity index (χ1n) is 8.67. The van der Waals surface area contributed by atoms with Crippen molar-refractivity contribution < 1.29 is 9.15 Å². The maximum absolute atomic E-state index is 5.37. The third-order valence-electron chi connectivity index (χ3n) is 4.44. The van der Waals surface area contributed by atoms with Crippen molar-refractivity contribution in [2.24, 2.45) is 4.99 Å². The maximum Gasteiger partial charge on any atom is 0.193 e. The van der Waals surface area contributed by atoms with Crippen molar-refractivity contribution in [2.75, 3.05) is 51.8 Å². The second kappa shape index (κ2) is 10.3. The molecule has 142 valence electrons. The van der Waals surface area contributed by atoms with Crippen LogP contribution in [0.15, 0.2) is 52.1 Å². The van der Waals surface area contributed by atoms with Gasteiger partial charge in [-0.15, -0.1) is 24.0 Å². The van der Waals surface area contributed by atoms with Gasteiger partial charge in [-0.3, -0.25) is 4.99 Å². The van der Waals surface area contributed by atoms with Gasteiger partial charge in [-0.2, -0.15) is 0 Å². The van der Waals surface area contributed by atoms with Crippen LogP contribution in [0.5, 0.6) is 5.75 Å². The van der Waals surface area contributed by atoms with Crippen LogP contribution < -0.4 is 15.0 Å². The first-order valence-corrected chi connectivity index (χ1v) is 8.67.